The Bertz CT molecular complexity index is 419. The van der Waals surface area contributed by atoms with E-state index in [0.29, 0.717) is 5.02 Å². The van der Waals surface area contributed by atoms with Crippen LogP contribution in [0.3, 0.4) is 0 Å². The smallest absolute Gasteiger partial charge is 0.223 e. The summed E-state index contributed by atoms with van der Waals surface area (Å²) in [6.07, 6.45) is 1.98. The van der Waals surface area contributed by atoms with Gasteiger partial charge in [0.1, 0.15) is 0 Å². The highest BCUT2D eigenvalue weighted by Crippen LogP contribution is 2.36. The molecule has 0 unspecified atom stereocenters. The zero-order valence-corrected chi connectivity index (χ0v) is 10.7. The zero-order chi connectivity index (χ0) is 11.0. The van der Waals surface area contributed by atoms with Gasteiger partial charge in [-0.1, -0.05) is 27.5 Å². The number of hydrogen-bond donors (Lipinski definition) is 0. The van der Waals surface area contributed by atoms with Crippen LogP contribution in [0.5, 0.6) is 0 Å². The van der Waals surface area contributed by atoms with Crippen molar-refractivity contribution in [1.82, 2.24) is 0 Å². The molecule has 1 heterocycles. The first-order valence-electron chi connectivity index (χ1n) is 4.85. The van der Waals surface area contributed by atoms with E-state index < -0.39 is 0 Å². The lowest BCUT2D eigenvalue weighted by atomic mass is 10.0. The minimum Gasteiger partial charge on any atom is -0.311 e. The number of fused-ring (bicyclic) bond motifs is 1. The molecular formula is C11H11BrClNO. The van der Waals surface area contributed by atoms with Crippen LogP contribution in [0.1, 0.15) is 18.9 Å². The normalized spacial score (nSPS) is 15.0. The van der Waals surface area contributed by atoms with Crippen LogP contribution in [0.4, 0.5) is 5.69 Å². The lowest BCUT2D eigenvalue weighted by molar-refractivity contribution is -0.116. The average molecular weight is 289 g/mol. The van der Waals surface area contributed by atoms with Crippen molar-refractivity contribution in [2.24, 2.45) is 0 Å². The lowest BCUT2D eigenvalue weighted by Gasteiger charge is -2.29. The Hall–Kier alpha value is -0.540. The van der Waals surface area contributed by atoms with E-state index in [9.17, 15) is 4.79 Å². The largest absolute Gasteiger partial charge is 0.311 e. The molecule has 0 atom stereocenters. The average Bonchev–Trinajstić information content (AvgIpc) is 2.16. The molecule has 1 aromatic rings. The predicted molar refractivity (Wildman–Crippen MR) is 65.5 cm³/mol. The number of halogens is 2. The summed E-state index contributed by atoms with van der Waals surface area (Å²) in [4.78, 5) is 13.2. The molecule has 80 valence electrons. The summed E-state index contributed by atoms with van der Waals surface area (Å²) >= 11 is 9.57. The molecule has 2 rings (SSSR count). The van der Waals surface area contributed by atoms with Crippen LogP contribution >= 0.6 is 27.5 Å². The van der Waals surface area contributed by atoms with Gasteiger partial charge in [0.05, 0.1) is 10.7 Å². The Balaban J connectivity index is 2.55. The van der Waals surface area contributed by atoms with Gasteiger partial charge in [-0.2, -0.15) is 0 Å². The Kier molecular flexibility index (Phi) is 3.03. The Labute approximate surface area is 102 Å². The van der Waals surface area contributed by atoms with Gasteiger partial charge in [-0.05, 0) is 30.5 Å². The molecule has 15 heavy (non-hydrogen) atoms. The molecule has 0 aromatic heterocycles. The third-order valence-electron chi connectivity index (χ3n) is 2.58. The highest BCUT2D eigenvalue weighted by atomic mass is 79.9. The van der Waals surface area contributed by atoms with Crippen molar-refractivity contribution in [2.75, 3.05) is 11.4 Å². The van der Waals surface area contributed by atoms with Crippen LogP contribution in [0.15, 0.2) is 16.6 Å². The number of nitrogens with zero attached hydrogens (tertiary/aromatic N) is 1. The standard InChI is InChI=1S/C11H11BrClNO/c1-7(15)14-4-2-3-8-5-9(12)6-10(13)11(8)14/h5-6H,2-4H2,1H3. The van der Waals surface area contributed by atoms with Gasteiger partial charge >= 0.3 is 0 Å². The highest BCUT2D eigenvalue weighted by molar-refractivity contribution is 9.10. The van der Waals surface area contributed by atoms with Crippen LogP contribution in [0.2, 0.25) is 5.02 Å². The topological polar surface area (TPSA) is 20.3 Å². The highest BCUT2D eigenvalue weighted by Gasteiger charge is 2.22. The first-order valence-corrected chi connectivity index (χ1v) is 6.02. The molecular weight excluding hydrogens is 277 g/mol. The number of benzene rings is 1. The van der Waals surface area contributed by atoms with Crippen LogP contribution in [-0.2, 0) is 11.2 Å². The van der Waals surface area contributed by atoms with Crippen molar-refractivity contribution >= 4 is 39.1 Å². The molecule has 1 amide bonds. The van der Waals surface area contributed by atoms with Crippen LogP contribution in [0.25, 0.3) is 0 Å². The van der Waals surface area contributed by atoms with Crippen LogP contribution < -0.4 is 4.90 Å². The fourth-order valence-corrected chi connectivity index (χ4v) is 2.94. The number of anilines is 1. The summed E-state index contributed by atoms with van der Waals surface area (Å²) in [5.41, 5.74) is 2.04. The second kappa shape index (κ2) is 4.14. The van der Waals surface area contributed by atoms with Gasteiger partial charge in [0.2, 0.25) is 5.91 Å². The van der Waals surface area contributed by atoms with Crippen molar-refractivity contribution in [3.05, 3.63) is 27.2 Å². The number of aryl methyl sites for hydroxylation is 1. The first kappa shape index (κ1) is 11.0. The first-order chi connectivity index (χ1) is 7.09. The van der Waals surface area contributed by atoms with Gasteiger partial charge in [0.25, 0.3) is 0 Å². The maximum atomic E-state index is 11.5. The minimum absolute atomic E-state index is 0.0557. The molecule has 0 spiro atoms. The molecule has 0 bridgehead atoms. The number of hydrogen-bond acceptors (Lipinski definition) is 1. The van der Waals surface area contributed by atoms with Gasteiger partial charge in [-0.15, -0.1) is 0 Å². The molecule has 4 heteroatoms. The Morgan fingerprint density at radius 3 is 2.93 bits per heavy atom. The van der Waals surface area contributed by atoms with Crippen LogP contribution in [0, 0.1) is 0 Å². The number of carbonyl (C=O) groups is 1. The van der Waals surface area contributed by atoms with E-state index in [1.807, 2.05) is 12.1 Å². The van der Waals surface area contributed by atoms with Crippen molar-refractivity contribution in [3.63, 3.8) is 0 Å². The molecule has 1 aliphatic rings. The molecule has 0 saturated heterocycles. The van der Waals surface area contributed by atoms with E-state index in [1.54, 1.807) is 11.8 Å². The zero-order valence-electron chi connectivity index (χ0n) is 8.39. The van der Waals surface area contributed by atoms with Gasteiger partial charge < -0.3 is 4.90 Å². The molecule has 1 aromatic carbocycles. The molecule has 0 aliphatic carbocycles. The summed E-state index contributed by atoms with van der Waals surface area (Å²) in [5.74, 6) is 0.0557. The fraction of sp³-hybridized carbons (Fsp3) is 0.364. The van der Waals surface area contributed by atoms with Crippen molar-refractivity contribution in [1.29, 1.82) is 0 Å². The van der Waals surface area contributed by atoms with Crippen molar-refractivity contribution < 1.29 is 4.79 Å². The van der Waals surface area contributed by atoms with Gasteiger partial charge in [0, 0.05) is 17.9 Å². The molecule has 0 fully saturated rings. The maximum absolute atomic E-state index is 11.5. The lowest BCUT2D eigenvalue weighted by Crippen LogP contribution is -2.33. The summed E-state index contributed by atoms with van der Waals surface area (Å²) in [5, 5.41) is 0.647. The van der Waals surface area contributed by atoms with Gasteiger partial charge in [0.15, 0.2) is 0 Å². The molecule has 0 saturated carbocycles. The summed E-state index contributed by atoms with van der Waals surface area (Å²) in [6.45, 7) is 2.34. The fourth-order valence-electron chi connectivity index (χ4n) is 1.97. The number of amides is 1. The number of carbonyl (C=O) groups excluding carboxylic acids is 1. The SMILES string of the molecule is CC(=O)N1CCCc2cc(Br)cc(Cl)c21. The third-order valence-corrected chi connectivity index (χ3v) is 3.33. The van der Waals surface area contributed by atoms with Gasteiger partial charge in [-0.3, -0.25) is 4.79 Å². The minimum atomic E-state index is 0.0557. The third kappa shape index (κ3) is 2.04. The number of rotatable bonds is 0. The van der Waals surface area contributed by atoms with Crippen molar-refractivity contribution in [3.8, 4) is 0 Å². The van der Waals surface area contributed by atoms with E-state index in [2.05, 4.69) is 15.9 Å². The Morgan fingerprint density at radius 2 is 2.27 bits per heavy atom. The molecule has 2 nitrogen and oxygen atoms in total. The van der Waals surface area contributed by atoms with E-state index in [-0.39, 0.29) is 5.91 Å². The second-order valence-corrected chi connectivity index (χ2v) is 4.99. The summed E-state index contributed by atoms with van der Waals surface area (Å²) < 4.78 is 0.969. The van der Waals surface area contributed by atoms with E-state index in [0.717, 1.165) is 35.1 Å². The summed E-state index contributed by atoms with van der Waals surface area (Å²) in [6, 6.07) is 3.87. The molecule has 1 aliphatic heterocycles. The Morgan fingerprint density at radius 1 is 1.53 bits per heavy atom. The van der Waals surface area contributed by atoms with E-state index in [4.69, 9.17) is 11.6 Å². The van der Waals surface area contributed by atoms with Crippen molar-refractivity contribution in [2.45, 2.75) is 19.8 Å². The van der Waals surface area contributed by atoms with Crippen LogP contribution in [-0.4, -0.2) is 12.5 Å². The summed E-state index contributed by atoms with van der Waals surface area (Å²) in [7, 11) is 0. The molecule has 0 N–H and O–H groups in total. The van der Waals surface area contributed by atoms with E-state index >= 15 is 0 Å². The molecule has 0 radical (unpaired) electrons. The second-order valence-electron chi connectivity index (χ2n) is 3.67. The maximum Gasteiger partial charge on any atom is 0.223 e. The van der Waals surface area contributed by atoms with Gasteiger partial charge in [-0.25, -0.2) is 0 Å². The monoisotopic (exact) mass is 287 g/mol. The predicted octanol–water partition coefficient (Wildman–Crippen LogP) is 3.40. The van der Waals surface area contributed by atoms with E-state index in [1.165, 1.54) is 0 Å². The quantitative estimate of drug-likeness (QED) is 0.716.